The summed E-state index contributed by atoms with van der Waals surface area (Å²) in [6, 6.07) is 76.2. The van der Waals surface area contributed by atoms with E-state index >= 15 is 0 Å². The smallest absolute Gasteiger partial charge is 0.0726 e. The number of nitrogens with zero attached hydrogens (tertiary/aromatic N) is 1. The number of hydrogen-bond acceptors (Lipinski definition) is 1. The van der Waals surface area contributed by atoms with Crippen molar-refractivity contribution in [1.82, 2.24) is 0 Å². The van der Waals surface area contributed by atoms with Gasteiger partial charge in [0.2, 0.25) is 0 Å². The standard InChI is InChI=1S/C61H45N/c1-59(2)51-24-12-7-21-45(51)48-32-29-38(35-56(48)59)62(39-30-33-49-46-22-8-13-25-52(46)60(3,4)57(49)36-39)40-31-34-50-47-23-11-16-28-55(47)61(58(50)37-40)53-26-14-9-19-43(53)41-17-5-6-18-42(41)44-20-10-15-27-54(44)61/h5-37H,1-4H3. The van der Waals surface area contributed by atoms with Crippen molar-refractivity contribution in [3.63, 3.8) is 0 Å². The van der Waals surface area contributed by atoms with Crippen molar-refractivity contribution in [3.05, 3.63) is 245 Å². The summed E-state index contributed by atoms with van der Waals surface area (Å²) in [6.07, 6.45) is 0. The van der Waals surface area contributed by atoms with Gasteiger partial charge in [0.1, 0.15) is 0 Å². The normalized spacial score (nSPS) is 15.5. The molecule has 0 saturated carbocycles. The highest BCUT2D eigenvalue weighted by molar-refractivity contribution is 5.98. The van der Waals surface area contributed by atoms with E-state index < -0.39 is 5.41 Å². The van der Waals surface area contributed by atoms with Crippen LogP contribution < -0.4 is 4.90 Å². The molecule has 0 fully saturated rings. The third-order valence-electron chi connectivity index (χ3n) is 15.1. The van der Waals surface area contributed by atoms with Crippen LogP contribution in [0.2, 0.25) is 0 Å². The van der Waals surface area contributed by atoms with Crippen molar-refractivity contribution in [2.45, 2.75) is 43.9 Å². The monoisotopic (exact) mass is 791 g/mol. The molecule has 13 rings (SSSR count). The first-order chi connectivity index (χ1) is 30.3. The quantitative estimate of drug-likeness (QED) is 0.172. The van der Waals surface area contributed by atoms with Crippen LogP contribution in [0.15, 0.2) is 200 Å². The summed E-state index contributed by atoms with van der Waals surface area (Å²) in [5, 5.41) is 0. The molecule has 62 heavy (non-hydrogen) atoms. The van der Waals surface area contributed by atoms with Crippen LogP contribution in [0.5, 0.6) is 0 Å². The second kappa shape index (κ2) is 12.4. The van der Waals surface area contributed by atoms with Crippen LogP contribution in [0.25, 0.3) is 55.6 Å². The second-order valence-corrected chi connectivity index (χ2v) is 18.8. The summed E-state index contributed by atoms with van der Waals surface area (Å²) >= 11 is 0. The highest BCUT2D eigenvalue weighted by atomic mass is 15.1. The van der Waals surface area contributed by atoms with E-state index in [-0.39, 0.29) is 10.8 Å². The molecular weight excluding hydrogens is 747 g/mol. The molecular formula is C61H45N. The van der Waals surface area contributed by atoms with Crippen LogP contribution in [0, 0.1) is 0 Å². The highest BCUT2D eigenvalue weighted by Crippen LogP contribution is 2.62. The highest BCUT2D eigenvalue weighted by Gasteiger charge is 2.50. The average Bonchev–Trinajstić information content (AvgIpc) is 3.79. The van der Waals surface area contributed by atoms with Crippen LogP contribution >= 0.6 is 0 Å². The fourth-order valence-corrected chi connectivity index (χ4v) is 12.3. The maximum Gasteiger partial charge on any atom is 0.0726 e. The largest absolute Gasteiger partial charge is 0.310 e. The molecule has 1 spiro atoms. The third-order valence-corrected chi connectivity index (χ3v) is 15.1. The number of benzene rings is 9. The molecule has 0 heterocycles. The Labute approximate surface area is 364 Å². The summed E-state index contributed by atoms with van der Waals surface area (Å²) < 4.78 is 0. The molecule has 9 aromatic carbocycles. The minimum absolute atomic E-state index is 0.137. The Bertz CT molecular complexity index is 3200. The lowest BCUT2D eigenvalue weighted by molar-refractivity contribution is 0.660. The van der Waals surface area contributed by atoms with E-state index in [9.17, 15) is 0 Å². The zero-order chi connectivity index (χ0) is 41.5. The molecule has 1 nitrogen and oxygen atoms in total. The van der Waals surface area contributed by atoms with Gasteiger partial charge in [-0.3, -0.25) is 0 Å². The van der Waals surface area contributed by atoms with Crippen LogP contribution in [0.1, 0.15) is 72.2 Å². The van der Waals surface area contributed by atoms with Crippen molar-refractivity contribution < 1.29 is 0 Å². The van der Waals surface area contributed by atoms with Gasteiger partial charge in [-0.05, 0) is 137 Å². The predicted molar refractivity (Wildman–Crippen MR) is 258 cm³/mol. The number of fused-ring (bicyclic) bond motifs is 18. The molecule has 9 aromatic rings. The van der Waals surface area contributed by atoms with E-state index in [4.69, 9.17) is 0 Å². The van der Waals surface area contributed by atoms with E-state index in [0.717, 1.165) is 17.1 Å². The first-order valence-electron chi connectivity index (χ1n) is 22.1. The van der Waals surface area contributed by atoms with Gasteiger partial charge in [0, 0.05) is 27.9 Å². The van der Waals surface area contributed by atoms with E-state index in [0.29, 0.717) is 0 Å². The van der Waals surface area contributed by atoms with Crippen LogP contribution in [-0.2, 0) is 16.2 Å². The summed E-state index contributed by atoms with van der Waals surface area (Å²) in [7, 11) is 0. The summed E-state index contributed by atoms with van der Waals surface area (Å²) in [5.41, 5.74) is 26.5. The molecule has 0 atom stereocenters. The van der Waals surface area contributed by atoms with E-state index in [1.165, 1.54) is 100 Å². The van der Waals surface area contributed by atoms with Crippen molar-refractivity contribution in [2.24, 2.45) is 0 Å². The lowest BCUT2D eigenvalue weighted by Gasteiger charge is -2.36. The van der Waals surface area contributed by atoms with Crippen molar-refractivity contribution in [3.8, 4) is 55.6 Å². The van der Waals surface area contributed by atoms with Gasteiger partial charge in [-0.25, -0.2) is 0 Å². The molecule has 0 amide bonds. The fraction of sp³-hybridized carbons (Fsp3) is 0.115. The molecule has 294 valence electrons. The molecule has 0 aliphatic heterocycles. The first kappa shape index (κ1) is 35.5. The summed E-state index contributed by atoms with van der Waals surface area (Å²) in [5.74, 6) is 0. The molecule has 4 aliphatic carbocycles. The molecule has 0 saturated heterocycles. The third kappa shape index (κ3) is 4.48. The van der Waals surface area contributed by atoms with Gasteiger partial charge >= 0.3 is 0 Å². The SMILES string of the molecule is CC1(C)c2ccccc2-c2ccc(N(c3ccc4c(c3)C(C)(C)c3ccccc3-4)c3ccc4c(c3)C3(c5ccccc5-c5ccccc5-c5ccccc53)c3ccccc3-4)cc21. The molecule has 0 bridgehead atoms. The molecule has 1 heteroatoms. The molecule has 4 aliphatic rings. The Balaban J connectivity index is 1.10. The van der Waals surface area contributed by atoms with Crippen LogP contribution in [0.3, 0.4) is 0 Å². The maximum atomic E-state index is 2.54. The zero-order valence-electron chi connectivity index (χ0n) is 35.5. The van der Waals surface area contributed by atoms with Gasteiger partial charge in [0.15, 0.2) is 0 Å². The van der Waals surface area contributed by atoms with E-state index in [1.807, 2.05) is 0 Å². The molecule has 0 aromatic heterocycles. The number of rotatable bonds is 3. The van der Waals surface area contributed by atoms with Crippen LogP contribution in [-0.4, -0.2) is 0 Å². The summed E-state index contributed by atoms with van der Waals surface area (Å²) in [4.78, 5) is 2.54. The average molecular weight is 792 g/mol. The minimum atomic E-state index is -0.567. The van der Waals surface area contributed by atoms with Gasteiger partial charge < -0.3 is 4.90 Å². The molecule has 0 N–H and O–H groups in total. The Morgan fingerprint density at radius 1 is 0.242 bits per heavy atom. The van der Waals surface area contributed by atoms with E-state index in [2.05, 4.69) is 233 Å². The Morgan fingerprint density at radius 3 is 0.887 bits per heavy atom. The Kier molecular flexibility index (Phi) is 7.12. The van der Waals surface area contributed by atoms with Crippen molar-refractivity contribution >= 4 is 17.1 Å². The second-order valence-electron chi connectivity index (χ2n) is 18.8. The lowest BCUT2D eigenvalue weighted by atomic mass is 9.66. The lowest BCUT2D eigenvalue weighted by Crippen LogP contribution is -2.29. The van der Waals surface area contributed by atoms with Gasteiger partial charge in [0.25, 0.3) is 0 Å². The topological polar surface area (TPSA) is 3.24 Å². The Morgan fingerprint density at radius 2 is 0.500 bits per heavy atom. The van der Waals surface area contributed by atoms with Crippen LogP contribution in [0.4, 0.5) is 17.1 Å². The summed E-state index contributed by atoms with van der Waals surface area (Å²) in [6.45, 7) is 9.54. The van der Waals surface area contributed by atoms with Gasteiger partial charge in [-0.1, -0.05) is 191 Å². The van der Waals surface area contributed by atoms with Gasteiger partial charge in [0.05, 0.1) is 5.41 Å². The number of anilines is 3. The van der Waals surface area contributed by atoms with Crippen molar-refractivity contribution in [2.75, 3.05) is 4.90 Å². The number of hydrogen-bond donors (Lipinski definition) is 0. The minimum Gasteiger partial charge on any atom is -0.310 e. The predicted octanol–water partition coefficient (Wildman–Crippen LogP) is 15.8. The maximum absolute atomic E-state index is 2.54. The zero-order valence-corrected chi connectivity index (χ0v) is 35.5. The Hall–Kier alpha value is -7.22. The van der Waals surface area contributed by atoms with E-state index in [1.54, 1.807) is 0 Å². The van der Waals surface area contributed by atoms with Crippen molar-refractivity contribution in [1.29, 1.82) is 0 Å². The van der Waals surface area contributed by atoms with Gasteiger partial charge in [-0.15, -0.1) is 0 Å². The molecule has 0 unspecified atom stereocenters. The fourth-order valence-electron chi connectivity index (χ4n) is 12.3. The first-order valence-corrected chi connectivity index (χ1v) is 22.1. The van der Waals surface area contributed by atoms with Gasteiger partial charge in [-0.2, -0.15) is 0 Å². The molecule has 0 radical (unpaired) electrons.